The molecule has 1 aromatic rings. The van der Waals surface area contributed by atoms with Gasteiger partial charge in [-0.15, -0.1) is 0 Å². The maximum absolute atomic E-state index is 9.36. The summed E-state index contributed by atoms with van der Waals surface area (Å²) in [6.45, 7) is 0.174. The first-order valence-electron chi connectivity index (χ1n) is 6.18. The molecule has 0 saturated heterocycles. The second-order valence-electron chi connectivity index (χ2n) is 4.61. The van der Waals surface area contributed by atoms with Gasteiger partial charge in [0, 0.05) is 24.8 Å². The molecular weight excluding hydrogens is 250 g/mol. The van der Waals surface area contributed by atoms with Gasteiger partial charge >= 0.3 is 0 Å². The molecule has 5 heteroatoms. The minimum Gasteiger partial charge on any atom is -0.396 e. The second kappa shape index (κ2) is 6.03. The lowest BCUT2D eigenvalue weighted by Gasteiger charge is -2.31. The van der Waals surface area contributed by atoms with Gasteiger partial charge in [-0.1, -0.05) is 24.4 Å². The van der Waals surface area contributed by atoms with E-state index in [1.165, 1.54) is 0 Å². The van der Waals surface area contributed by atoms with Crippen LogP contribution in [0.15, 0.2) is 12.3 Å². The number of aromatic nitrogens is 1. The summed E-state index contributed by atoms with van der Waals surface area (Å²) >= 11 is 6.11. The van der Waals surface area contributed by atoms with Crippen LogP contribution in [0, 0.1) is 17.2 Å². The van der Waals surface area contributed by atoms with Crippen molar-refractivity contribution in [2.75, 3.05) is 11.9 Å². The predicted octanol–water partition coefficient (Wildman–Crippen LogP) is 2.57. The van der Waals surface area contributed by atoms with Crippen molar-refractivity contribution in [1.29, 1.82) is 5.26 Å². The Hall–Kier alpha value is -1.31. The molecule has 0 spiro atoms. The third kappa shape index (κ3) is 2.74. The van der Waals surface area contributed by atoms with Crippen LogP contribution >= 0.6 is 11.6 Å². The summed E-state index contributed by atoms with van der Waals surface area (Å²) in [5.74, 6) is 0.781. The summed E-state index contributed by atoms with van der Waals surface area (Å²) in [5.41, 5.74) is 0.422. The van der Waals surface area contributed by atoms with Gasteiger partial charge in [0.2, 0.25) is 0 Å². The summed E-state index contributed by atoms with van der Waals surface area (Å²) in [5, 5.41) is 21.9. The Labute approximate surface area is 112 Å². The lowest BCUT2D eigenvalue weighted by molar-refractivity contribution is 0.178. The number of halogens is 1. The molecule has 0 amide bonds. The van der Waals surface area contributed by atoms with Crippen LogP contribution in [0.5, 0.6) is 0 Å². The highest BCUT2D eigenvalue weighted by Gasteiger charge is 2.25. The molecule has 2 N–H and O–H groups in total. The maximum Gasteiger partial charge on any atom is 0.146 e. The Bertz CT molecular complexity index is 458. The summed E-state index contributed by atoms with van der Waals surface area (Å²) in [6, 6.07) is 3.81. The lowest BCUT2D eigenvalue weighted by atomic mass is 9.85. The monoisotopic (exact) mass is 265 g/mol. The van der Waals surface area contributed by atoms with Crippen LogP contribution in [0.1, 0.15) is 31.2 Å². The third-order valence-electron chi connectivity index (χ3n) is 3.48. The molecule has 1 fully saturated rings. The van der Waals surface area contributed by atoms with Crippen molar-refractivity contribution < 1.29 is 5.11 Å². The van der Waals surface area contributed by atoms with E-state index in [-0.39, 0.29) is 18.6 Å². The molecule has 18 heavy (non-hydrogen) atoms. The molecule has 1 aliphatic carbocycles. The van der Waals surface area contributed by atoms with Gasteiger partial charge in [0.1, 0.15) is 16.9 Å². The second-order valence-corrected chi connectivity index (χ2v) is 4.99. The largest absolute Gasteiger partial charge is 0.396 e. The first-order chi connectivity index (χ1) is 8.76. The highest BCUT2D eigenvalue weighted by molar-refractivity contribution is 6.34. The van der Waals surface area contributed by atoms with E-state index in [1.54, 1.807) is 12.3 Å². The van der Waals surface area contributed by atoms with E-state index in [2.05, 4.69) is 10.3 Å². The van der Waals surface area contributed by atoms with Crippen LogP contribution in [-0.2, 0) is 0 Å². The molecule has 1 aromatic heterocycles. The first-order valence-corrected chi connectivity index (χ1v) is 6.56. The minimum atomic E-state index is 0.174. The number of hydrogen-bond acceptors (Lipinski definition) is 4. The molecule has 2 atom stereocenters. The van der Waals surface area contributed by atoms with Gasteiger partial charge in [0.15, 0.2) is 0 Å². The standard InChI is InChI=1S/C13H16ClN3O/c14-12-9(7-15)5-6-16-13(12)17-11-4-2-1-3-10(11)8-18/h5-6,10-11,18H,1-4,8H2,(H,16,17). The molecule has 1 aliphatic rings. The number of aliphatic hydroxyl groups excluding tert-OH is 1. The zero-order chi connectivity index (χ0) is 13.0. The first kappa shape index (κ1) is 13.1. The normalized spacial score (nSPS) is 23.4. The van der Waals surface area contributed by atoms with E-state index in [9.17, 15) is 5.11 Å². The Morgan fingerprint density at radius 3 is 3.00 bits per heavy atom. The van der Waals surface area contributed by atoms with Crippen LogP contribution in [0.2, 0.25) is 5.02 Å². The summed E-state index contributed by atoms with van der Waals surface area (Å²) in [4.78, 5) is 4.17. The van der Waals surface area contributed by atoms with Gasteiger partial charge in [0.25, 0.3) is 0 Å². The number of anilines is 1. The molecule has 96 valence electrons. The van der Waals surface area contributed by atoms with Crippen molar-refractivity contribution in [1.82, 2.24) is 4.98 Å². The average molecular weight is 266 g/mol. The van der Waals surface area contributed by atoms with Gasteiger partial charge in [0.05, 0.1) is 5.56 Å². The van der Waals surface area contributed by atoms with Gasteiger partial charge in [-0.2, -0.15) is 5.26 Å². The van der Waals surface area contributed by atoms with E-state index in [0.717, 1.165) is 25.7 Å². The van der Waals surface area contributed by atoms with Crippen LogP contribution in [-0.4, -0.2) is 22.7 Å². The fourth-order valence-electron chi connectivity index (χ4n) is 2.42. The molecule has 0 aromatic carbocycles. The van der Waals surface area contributed by atoms with Crippen molar-refractivity contribution in [3.63, 3.8) is 0 Å². The Balaban J connectivity index is 2.15. The van der Waals surface area contributed by atoms with Crippen molar-refractivity contribution >= 4 is 17.4 Å². The Morgan fingerprint density at radius 1 is 1.50 bits per heavy atom. The highest BCUT2D eigenvalue weighted by atomic mass is 35.5. The van der Waals surface area contributed by atoms with Crippen LogP contribution in [0.3, 0.4) is 0 Å². The number of nitrogens with one attached hydrogen (secondary N) is 1. The van der Waals surface area contributed by atoms with Crippen LogP contribution in [0.4, 0.5) is 5.82 Å². The number of hydrogen-bond donors (Lipinski definition) is 2. The number of rotatable bonds is 3. The zero-order valence-corrected chi connectivity index (χ0v) is 10.8. The number of nitrogens with zero attached hydrogens (tertiary/aromatic N) is 2. The van der Waals surface area contributed by atoms with E-state index < -0.39 is 0 Å². The smallest absolute Gasteiger partial charge is 0.146 e. The molecule has 0 bridgehead atoms. The van der Waals surface area contributed by atoms with Crippen molar-refractivity contribution in [3.05, 3.63) is 22.8 Å². The van der Waals surface area contributed by atoms with Crippen LogP contribution < -0.4 is 5.32 Å². The molecule has 0 aliphatic heterocycles. The average Bonchev–Trinajstić information content (AvgIpc) is 2.42. The van der Waals surface area contributed by atoms with Gasteiger partial charge < -0.3 is 10.4 Å². The summed E-state index contributed by atoms with van der Waals surface area (Å²) in [6.07, 6.45) is 5.89. The fourth-order valence-corrected chi connectivity index (χ4v) is 2.63. The number of pyridine rings is 1. The molecule has 2 unspecified atom stereocenters. The van der Waals surface area contributed by atoms with Gasteiger partial charge in [-0.3, -0.25) is 0 Å². The van der Waals surface area contributed by atoms with E-state index in [4.69, 9.17) is 16.9 Å². The predicted molar refractivity (Wildman–Crippen MR) is 70.4 cm³/mol. The van der Waals surface area contributed by atoms with Gasteiger partial charge in [-0.05, 0) is 18.9 Å². The lowest BCUT2D eigenvalue weighted by Crippen LogP contribution is -2.34. The van der Waals surface area contributed by atoms with Gasteiger partial charge in [-0.25, -0.2) is 4.98 Å². The van der Waals surface area contributed by atoms with Crippen molar-refractivity contribution in [3.8, 4) is 6.07 Å². The SMILES string of the molecule is N#Cc1ccnc(NC2CCCCC2CO)c1Cl. The molecule has 1 heterocycles. The summed E-state index contributed by atoms with van der Waals surface area (Å²) in [7, 11) is 0. The van der Waals surface area contributed by atoms with E-state index >= 15 is 0 Å². The topological polar surface area (TPSA) is 68.9 Å². The van der Waals surface area contributed by atoms with Crippen molar-refractivity contribution in [2.45, 2.75) is 31.7 Å². The Morgan fingerprint density at radius 2 is 2.28 bits per heavy atom. The third-order valence-corrected chi connectivity index (χ3v) is 3.86. The molecule has 1 saturated carbocycles. The van der Waals surface area contributed by atoms with Crippen molar-refractivity contribution in [2.24, 2.45) is 5.92 Å². The number of nitriles is 1. The fraction of sp³-hybridized carbons (Fsp3) is 0.538. The van der Waals surface area contributed by atoms with E-state index in [1.807, 2.05) is 6.07 Å². The van der Waals surface area contributed by atoms with E-state index in [0.29, 0.717) is 16.4 Å². The maximum atomic E-state index is 9.36. The molecule has 0 radical (unpaired) electrons. The quantitative estimate of drug-likeness (QED) is 0.881. The Kier molecular flexibility index (Phi) is 4.40. The summed E-state index contributed by atoms with van der Waals surface area (Å²) < 4.78 is 0. The highest BCUT2D eigenvalue weighted by Crippen LogP contribution is 2.29. The van der Waals surface area contributed by atoms with Crippen LogP contribution in [0.25, 0.3) is 0 Å². The zero-order valence-electron chi connectivity index (χ0n) is 10.1. The molecule has 4 nitrogen and oxygen atoms in total. The minimum absolute atomic E-state index is 0.174. The molecule has 2 rings (SSSR count). The number of aliphatic hydroxyl groups is 1. The molecular formula is C13H16ClN3O.